The van der Waals surface area contributed by atoms with E-state index in [2.05, 4.69) is 4.98 Å². The molecule has 66 valence electrons. The molecule has 0 aliphatic carbocycles. The molecule has 2 N–H and O–H groups in total. The Morgan fingerprint density at radius 2 is 2.18 bits per heavy atom. The van der Waals surface area contributed by atoms with Crippen LogP contribution in [0.3, 0.4) is 0 Å². The number of nitrogens with zero attached hydrogens (tertiary/aromatic N) is 1. The van der Waals surface area contributed by atoms with Gasteiger partial charge >= 0.3 is 0 Å². The number of thiazole rings is 1. The first-order chi connectivity index (χ1) is 4.33. The monoisotopic (exact) mass is 214 g/mol. The highest BCUT2D eigenvalue weighted by atomic mass is 35.5. The maximum Gasteiger partial charge on any atom is 0.0940 e. The van der Waals surface area contributed by atoms with Crippen molar-refractivity contribution in [3.8, 4) is 0 Å². The molecule has 0 saturated carbocycles. The van der Waals surface area contributed by atoms with Gasteiger partial charge in [0.2, 0.25) is 0 Å². The quantitative estimate of drug-likeness (QED) is 0.816. The van der Waals surface area contributed by atoms with Gasteiger partial charge in [-0.05, 0) is 13.5 Å². The third-order valence-electron chi connectivity index (χ3n) is 1.02. The summed E-state index contributed by atoms with van der Waals surface area (Å²) >= 11 is 1.68. The van der Waals surface area contributed by atoms with Crippen LogP contribution in [0.25, 0.3) is 0 Å². The molecular weight excluding hydrogens is 203 g/mol. The van der Waals surface area contributed by atoms with Gasteiger partial charge in [0.1, 0.15) is 0 Å². The Morgan fingerprint density at radius 3 is 2.55 bits per heavy atom. The van der Waals surface area contributed by atoms with E-state index in [0.717, 1.165) is 17.1 Å². The summed E-state index contributed by atoms with van der Waals surface area (Å²) in [6, 6.07) is 0. The highest BCUT2D eigenvalue weighted by Crippen LogP contribution is 2.07. The molecule has 0 spiro atoms. The van der Waals surface area contributed by atoms with Crippen molar-refractivity contribution in [2.75, 3.05) is 6.54 Å². The van der Waals surface area contributed by atoms with Crippen LogP contribution in [-0.2, 0) is 6.42 Å². The summed E-state index contributed by atoms with van der Waals surface area (Å²) in [5, 5.41) is 3.19. The minimum atomic E-state index is 0. The molecule has 0 fully saturated rings. The van der Waals surface area contributed by atoms with Crippen LogP contribution >= 0.6 is 36.2 Å². The van der Waals surface area contributed by atoms with Crippen molar-refractivity contribution in [1.29, 1.82) is 0 Å². The molecule has 0 bridgehead atoms. The Bertz CT molecular complexity index is 190. The molecule has 0 saturated heterocycles. The Kier molecular flexibility index (Phi) is 8.56. The molecule has 0 aromatic carbocycles. The molecule has 0 amide bonds. The van der Waals surface area contributed by atoms with E-state index in [0.29, 0.717) is 6.54 Å². The lowest BCUT2D eigenvalue weighted by atomic mass is 10.4. The molecule has 0 atom stereocenters. The van der Waals surface area contributed by atoms with Crippen LogP contribution in [0.15, 0.2) is 5.38 Å². The predicted molar refractivity (Wildman–Crippen MR) is 54.1 cm³/mol. The maximum atomic E-state index is 5.34. The summed E-state index contributed by atoms with van der Waals surface area (Å²) in [6.45, 7) is 2.70. The number of nitrogens with two attached hydrogens (primary N) is 1. The summed E-state index contributed by atoms with van der Waals surface area (Å²) in [4.78, 5) is 4.24. The average molecular weight is 215 g/mol. The van der Waals surface area contributed by atoms with Gasteiger partial charge in [-0.2, -0.15) is 0 Å². The number of aryl methyl sites for hydroxylation is 1. The van der Waals surface area contributed by atoms with E-state index in [1.807, 2.05) is 12.3 Å². The first-order valence-electron chi connectivity index (χ1n) is 2.94. The fraction of sp³-hybridized carbons (Fsp3) is 0.500. The van der Waals surface area contributed by atoms with Gasteiger partial charge in [0, 0.05) is 17.5 Å². The van der Waals surface area contributed by atoms with Crippen LogP contribution in [0.5, 0.6) is 0 Å². The molecule has 11 heavy (non-hydrogen) atoms. The van der Waals surface area contributed by atoms with Gasteiger partial charge in [-0.25, -0.2) is 4.98 Å². The third-order valence-corrected chi connectivity index (χ3v) is 2.05. The fourth-order valence-electron chi connectivity index (χ4n) is 0.641. The third kappa shape index (κ3) is 4.58. The SMILES string of the molecule is Cc1csc(CCN)n1.Cl.Cl. The van der Waals surface area contributed by atoms with Gasteiger partial charge in [-0.3, -0.25) is 0 Å². The normalized spacial score (nSPS) is 8.18. The molecule has 0 unspecified atom stereocenters. The average Bonchev–Trinajstić information content (AvgIpc) is 2.17. The van der Waals surface area contributed by atoms with E-state index in [1.165, 1.54) is 0 Å². The zero-order chi connectivity index (χ0) is 6.69. The summed E-state index contributed by atoms with van der Waals surface area (Å²) in [6.07, 6.45) is 0.915. The largest absolute Gasteiger partial charge is 0.330 e. The zero-order valence-corrected chi connectivity index (χ0v) is 8.69. The standard InChI is InChI=1S/C6H10N2S.2ClH/c1-5-4-9-6(8-5)2-3-7;;/h4H,2-3,7H2,1H3;2*1H. The number of aromatic nitrogens is 1. The van der Waals surface area contributed by atoms with Crippen LogP contribution in [-0.4, -0.2) is 11.5 Å². The summed E-state index contributed by atoms with van der Waals surface area (Å²) < 4.78 is 0. The van der Waals surface area contributed by atoms with E-state index in [9.17, 15) is 0 Å². The Hall–Kier alpha value is 0.170. The van der Waals surface area contributed by atoms with Crippen molar-refractivity contribution in [2.24, 2.45) is 5.73 Å². The van der Waals surface area contributed by atoms with Crippen LogP contribution in [0.2, 0.25) is 0 Å². The molecule has 0 aliphatic heterocycles. The minimum absolute atomic E-state index is 0. The first-order valence-corrected chi connectivity index (χ1v) is 3.82. The lowest BCUT2D eigenvalue weighted by Crippen LogP contribution is -2.01. The molecule has 1 rings (SSSR count). The van der Waals surface area contributed by atoms with Crippen LogP contribution in [0.1, 0.15) is 10.7 Å². The van der Waals surface area contributed by atoms with E-state index >= 15 is 0 Å². The summed E-state index contributed by atoms with van der Waals surface area (Å²) in [5.41, 5.74) is 6.44. The summed E-state index contributed by atoms with van der Waals surface area (Å²) in [7, 11) is 0. The lowest BCUT2D eigenvalue weighted by Gasteiger charge is -1.85. The number of halogens is 2. The second-order valence-corrected chi connectivity index (χ2v) is 2.86. The Balaban J connectivity index is 0. The van der Waals surface area contributed by atoms with E-state index in [4.69, 9.17) is 5.73 Å². The topological polar surface area (TPSA) is 38.9 Å². The van der Waals surface area contributed by atoms with Crippen molar-refractivity contribution in [3.05, 3.63) is 16.1 Å². The molecule has 2 nitrogen and oxygen atoms in total. The van der Waals surface area contributed by atoms with Gasteiger partial charge < -0.3 is 5.73 Å². The molecule has 0 aliphatic rings. The highest BCUT2D eigenvalue weighted by Gasteiger charge is 1.94. The van der Waals surface area contributed by atoms with Gasteiger partial charge in [0.25, 0.3) is 0 Å². The molecule has 1 aromatic heterocycles. The smallest absolute Gasteiger partial charge is 0.0940 e. The Labute approximate surface area is 83.0 Å². The van der Waals surface area contributed by atoms with Crippen LogP contribution in [0.4, 0.5) is 0 Å². The number of rotatable bonds is 2. The predicted octanol–water partition coefficient (Wildman–Crippen LogP) is 1.80. The van der Waals surface area contributed by atoms with E-state index < -0.39 is 0 Å². The highest BCUT2D eigenvalue weighted by molar-refractivity contribution is 7.09. The van der Waals surface area contributed by atoms with Crippen molar-refractivity contribution in [2.45, 2.75) is 13.3 Å². The maximum absolute atomic E-state index is 5.34. The molecule has 0 radical (unpaired) electrons. The van der Waals surface area contributed by atoms with Crippen molar-refractivity contribution in [1.82, 2.24) is 4.98 Å². The lowest BCUT2D eigenvalue weighted by molar-refractivity contribution is 0.945. The second-order valence-electron chi connectivity index (χ2n) is 1.92. The van der Waals surface area contributed by atoms with Crippen molar-refractivity contribution < 1.29 is 0 Å². The van der Waals surface area contributed by atoms with Crippen molar-refractivity contribution in [3.63, 3.8) is 0 Å². The Morgan fingerprint density at radius 1 is 1.55 bits per heavy atom. The fourth-order valence-corrected chi connectivity index (χ4v) is 1.43. The zero-order valence-electron chi connectivity index (χ0n) is 6.24. The van der Waals surface area contributed by atoms with Gasteiger partial charge in [0.05, 0.1) is 5.01 Å². The van der Waals surface area contributed by atoms with Crippen LogP contribution < -0.4 is 5.73 Å². The van der Waals surface area contributed by atoms with Gasteiger partial charge in [0.15, 0.2) is 0 Å². The van der Waals surface area contributed by atoms with E-state index in [1.54, 1.807) is 11.3 Å². The van der Waals surface area contributed by atoms with Gasteiger partial charge in [-0.1, -0.05) is 0 Å². The number of hydrogen-bond donors (Lipinski definition) is 1. The van der Waals surface area contributed by atoms with Gasteiger partial charge in [-0.15, -0.1) is 36.2 Å². The van der Waals surface area contributed by atoms with Crippen molar-refractivity contribution >= 4 is 36.2 Å². The molecular formula is C6H12Cl2N2S. The molecule has 1 heterocycles. The second kappa shape index (κ2) is 6.85. The molecule has 1 aromatic rings. The first kappa shape index (κ1) is 13.7. The summed E-state index contributed by atoms with van der Waals surface area (Å²) in [5.74, 6) is 0. The van der Waals surface area contributed by atoms with Crippen LogP contribution in [0, 0.1) is 6.92 Å². The van der Waals surface area contributed by atoms with E-state index in [-0.39, 0.29) is 24.8 Å². The molecule has 5 heteroatoms. The number of hydrogen-bond acceptors (Lipinski definition) is 3. The minimum Gasteiger partial charge on any atom is -0.330 e.